The summed E-state index contributed by atoms with van der Waals surface area (Å²) in [6.07, 6.45) is 1.19. The molecule has 3 nitrogen and oxygen atoms in total. The molecule has 1 aromatic rings. The number of ether oxygens (including phenoxy) is 1. The van der Waals surface area contributed by atoms with E-state index in [9.17, 15) is 0 Å². The van der Waals surface area contributed by atoms with Crippen LogP contribution in [0.25, 0.3) is 0 Å². The van der Waals surface area contributed by atoms with Gasteiger partial charge in [-0.25, -0.2) is 0 Å². The van der Waals surface area contributed by atoms with Gasteiger partial charge in [0.2, 0.25) is 0 Å². The van der Waals surface area contributed by atoms with Crippen LogP contribution in [-0.2, 0) is 17.9 Å². The van der Waals surface area contributed by atoms with E-state index in [1.165, 1.54) is 16.2 Å². The van der Waals surface area contributed by atoms with E-state index in [1.807, 2.05) is 11.3 Å². The lowest BCUT2D eigenvalue weighted by Crippen LogP contribution is -2.26. The molecule has 0 saturated carbocycles. The van der Waals surface area contributed by atoms with Crippen LogP contribution in [0.2, 0.25) is 0 Å². The van der Waals surface area contributed by atoms with Gasteiger partial charge in [-0.05, 0) is 38.2 Å². The van der Waals surface area contributed by atoms with Crippen molar-refractivity contribution in [3.63, 3.8) is 0 Å². The first-order chi connectivity index (χ1) is 9.30. The van der Waals surface area contributed by atoms with Gasteiger partial charge in [0.1, 0.15) is 0 Å². The molecule has 0 bridgehead atoms. The Labute approximate surface area is 122 Å². The van der Waals surface area contributed by atoms with Crippen molar-refractivity contribution in [1.82, 2.24) is 10.2 Å². The second kappa shape index (κ2) is 10.4. The van der Waals surface area contributed by atoms with Gasteiger partial charge in [0, 0.05) is 22.8 Å². The SMILES string of the molecule is CCCNCc1ccc(COCCN(CC)CC)s1. The molecule has 0 unspecified atom stereocenters. The molecule has 0 amide bonds. The first kappa shape index (κ1) is 16.6. The van der Waals surface area contributed by atoms with Gasteiger partial charge >= 0.3 is 0 Å². The van der Waals surface area contributed by atoms with Gasteiger partial charge in [-0.2, -0.15) is 0 Å². The minimum Gasteiger partial charge on any atom is -0.375 e. The molecule has 0 aliphatic carbocycles. The largest absolute Gasteiger partial charge is 0.375 e. The third kappa shape index (κ3) is 7.06. The molecule has 0 aliphatic rings. The third-order valence-electron chi connectivity index (χ3n) is 3.13. The quantitative estimate of drug-likeness (QED) is 0.632. The second-order valence-electron chi connectivity index (χ2n) is 4.62. The highest BCUT2D eigenvalue weighted by atomic mass is 32.1. The van der Waals surface area contributed by atoms with Gasteiger partial charge in [-0.1, -0.05) is 20.8 Å². The summed E-state index contributed by atoms with van der Waals surface area (Å²) in [7, 11) is 0. The van der Waals surface area contributed by atoms with E-state index in [0.29, 0.717) is 0 Å². The lowest BCUT2D eigenvalue weighted by Gasteiger charge is -2.17. The third-order valence-corrected chi connectivity index (χ3v) is 4.19. The molecular weight excluding hydrogens is 256 g/mol. The minimum atomic E-state index is 0.750. The van der Waals surface area contributed by atoms with Crippen LogP contribution in [0.15, 0.2) is 12.1 Å². The average molecular weight is 284 g/mol. The van der Waals surface area contributed by atoms with Crippen molar-refractivity contribution in [3.05, 3.63) is 21.9 Å². The second-order valence-corrected chi connectivity index (χ2v) is 5.88. The molecule has 1 aromatic heterocycles. The predicted octanol–water partition coefficient (Wildman–Crippen LogP) is 3.11. The van der Waals surface area contributed by atoms with Crippen molar-refractivity contribution < 1.29 is 4.74 Å². The number of likely N-dealkylation sites (N-methyl/N-ethyl adjacent to an activating group) is 1. The van der Waals surface area contributed by atoms with Gasteiger partial charge in [-0.3, -0.25) is 0 Å². The Morgan fingerprint density at radius 3 is 2.58 bits per heavy atom. The number of hydrogen-bond acceptors (Lipinski definition) is 4. The Bertz CT molecular complexity index is 324. The van der Waals surface area contributed by atoms with Crippen molar-refractivity contribution in [2.75, 3.05) is 32.8 Å². The van der Waals surface area contributed by atoms with Crippen molar-refractivity contribution in [2.45, 2.75) is 40.3 Å². The molecule has 0 atom stereocenters. The Morgan fingerprint density at radius 2 is 1.89 bits per heavy atom. The first-order valence-corrected chi connectivity index (χ1v) is 8.20. The Kier molecular flexibility index (Phi) is 9.08. The number of hydrogen-bond donors (Lipinski definition) is 1. The van der Waals surface area contributed by atoms with E-state index in [4.69, 9.17) is 4.74 Å². The van der Waals surface area contributed by atoms with Gasteiger partial charge in [0.25, 0.3) is 0 Å². The molecule has 19 heavy (non-hydrogen) atoms. The smallest absolute Gasteiger partial charge is 0.0810 e. The predicted molar refractivity (Wildman–Crippen MR) is 83.8 cm³/mol. The van der Waals surface area contributed by atoms with Crippen LogP contribution in [0.3, 0.4) is 0 Å². The standard InChI is InChI=1S/C15H28N2OS/c1-4-9-16-12-14-7-8-15(19-14)13-18-11-10-17(5-2)6-3/h7-8,16H,4-6,9-13H2,1-3H3. The molecule has 0 saturated heterocycles. The Morgan fingerprint density at radius 1 is 1.16 bits per heavy atom. The van der Waals surface area contributed by atoms with E-state index in [0.717, 1.165) is 45.9 Å². The van der Waals surface area contributed by atoms with Crippen molar-refractivity contribution in [2.24, 2.45) is 0 Å². The summed E-state index contributed by atoms with van der Waals surface area (Å²) < 4.78 is 5.74. The highest BCUT2D eigenvalue weighted by Gasteiger charge is 2.02. The summed E-state index contributed by atoms with van der Waals surface area (Å²) in [6, 6.07) is 4.39. The van der Waals surface area contributed by atoms with Crippen molar-refractivity contribution in [3.8, 4) is 0 Å². The normalized spacial score (nSPS) is 11.4. The van der Waals surface area contributed by atoms with Gasteiger partial charge < -0.3 is 15.0 Å². The lowest BCUT2D eigenvalue weighted by molar-refractivity contribution is 0.0973. The fourth-order valence-electron chi connectivity index (χ4n) is 1.89. The molecule has 1 N–H and O–H groups in total. The molecule has 4 heteroatoms. The van der Waals surface area contributed by atoms with Crippen molar-refractivity contribution >= 4 is 11.3 Å². The fourth-order valence-corrected chi connectivity index (χ4v) is 2.81. The van der Waals surface area contributed by atoms with Crippen LogP contribution in [0.5, 0.6) is 0 Å². The number of rotatable bonds is 11. The van der Waals surface area contributed by atoms with E-state index in [1.54, 1.807) is 0 Å². The molecule has 1 rings (SSSR count). The number of nitrogens with zero attached hydrogens (tertiary/aromatic N) is 1. The zero-order chi connectivity index (χ0) is 13.9. The highest BCUT2D eigenvalue weighted by molar-refractivity contribution is 7.11. The van der Waals surface area contributed by atoms with Crippen LogP contribution in [0.1, 0.15) is 36.9 Å². The van der Waals surface area contributed by atoms with Gasteiger partial charge in [0.05, 0.1) is 13.2 Å². The van der Waals surface area contributed by atoms with Gasteiger partial charge in [0.15, 0.2) is 0 Å². The van der Waals surface area contributed by atoms with Crippen LogP contribution < -0.4 is 5.32 Å². The van der Waals surface area contributed by atoms with Crippen LogP contribution >= 0.6 is 11.3 Å². The summed E-state index contributed by atoms with van der Waals surface area (Å²) in [5.41, 5.74) is 0. The molecule has 0 spiro atoms. The minimum absolute atomic E-state index is 0.750. The van der Waals surface area contributed by atoms with Crippen molar-refractivity contribution in [1.29, 1.82) is 0 Å². The van der Waals surface area contributed by atoms with Crippen LogP contribution in [0, 0.1) is 0 Å². The molecule has 0 radical (unpaired) electrons. The molecule has 0 aliphatic heterocycles. The zero-order valence-corrected chi connectivity index (χ0v) is 13.4. The summed E-state index contributed by atoms with van der Waals surface area (Å²) in [4.78, 5) is 5.11. The Balaban J connectivity index is 2.15. The fraction of sp³-hybridized carbons (Fsp3) is 0.733. The first-order valence-electron chi connectivity index (χ1n) is 7.38. The summed E-state index contributed by atoms with van der Waals surface area (Å²) in [6.45, 7) is 13.5. The maximum Gasteiger partial charge on any atom is 0.0810 e. The van der Waals surface area contributed by atoms with E-state index in [2.05, 4.69) is 43.1 Å². The average Bonchev–Trinajstić information content (AvgIpc) is 2.87. The summed E-state index contributed by atoms with van der Waals surface area (Å²) >= 11 is 1.85. The van der Waals surface area contributed by atoms with E-state index in [-0.39, 0.29) is 0 Å². The molecular formula is C15H28N2OS. The monoisotopic (exact) mass is 284 g/mol. The van der Waals surface area contributed by atoms with Gasteiger partial charge in [-0.15, -0.1) is 11.3 Å². The molecule has 0 aromatic carbocycles. The van der Waals surface area contributed by atoms with E-state index < -0.39 is 0 Å². The molecule has 110 valence electrons. The molecule has 0 fully saturated rings. The summed E-state index contributed by atoms with van der Waals surface area (Å²) in [5.74, 6) is 0. The van der Waals surface area contributed by atoms with E-state index >= 15 is 0 Å². The molecule has 1 heterocycles. The number of thiophene rings is 1. The maximum absolute atomic E-state index is 5.74. The van der Waals surface area contributed by atoms with Crippen LogP contribution in [-0.4, -0.2) is 37.7 Å². The van der Waals surface area contributed by atoms with Crippen LogP contribution in [0.4, 0.5) is 0 Å². The summed E-state index contributed by atoms with van der Waals surface area (Å²) in [5, 5.41) is 3.43. The Hall–Kier alpha value is -0.420. The lowest BCUT2D eigenvalue weighted by atomic mass is 10.4. The topological polar surface area (TPSA) is 24.5 Å². The zero-order valence-electron chi connectivity index (χ0n) is 12.6. The number of nitrogens with one attached hydrogen (secondary N) is 1. The highest BCUT2D eigenvalue weighted by Crippen LogP contribution is 2.17. The maximum atomic E-state index is 5.74.